The number of carbonyl (C=O) groups excluding carboxylic acids is 2. The topological polar surface area (TPSA) is 94.1 Å². The summed E-state index contributed by atoms with van der Waals surface area (Å²) in [6.07, 6.45) is 0. The minimum Gasteiger partial charge on any atom is -0.507 e. The number of aromatic hydroxyl groups is 1. The third-order valence-electron chi connectivity index (χ3n) is 3.38. The summed E-state index contributed by atoms with van der Waals surface area (Å²) in [6.45, 7) is -0.183. The van der Waals surface area contributed by atoms with E-state index in [4.69, 9.17) is 14.2 Å². The molecule has 0 saturated carbocycles. The molecule has 7 heteroatoms. The predicted octanol–water partition coefficient (Wildman–Crippen LogP) is 1.88. The van der Waals surface area contributed by atoms with E-state index in [1.165, 1.54) is 25.3 Å². The summed E-state index contributed by atoms with van der Waals surface area (Å²) in [5.41, 5.74) is 0.782. The molecule has 0 saturated heterocycles. The summed E-state index contributed by atoms with van der Waals surface area (Å²) in [5, 5.41) is 12.3. The molecule has 2 aromatic rings. The van der Waals surface area contributed by atoms with Crippen molar-refractivity contribution in [2.24, 2.45) is 0 Å². The van der Waals surface area contributed by atoms with Gasteiger partial charge in [0.1, 0.15) is 22.8 Å². The van der Waals surface area contributed by atoms with Crippen LogP contribution in [0.4, 0.5) is 0 Å². The summed E-state index contributed by atoms with van der Waals surface area (Å²) < 4.78 is 15.0. The fourth-order valence-corrected chi connectivity index (χ4v) is 2.05. The molecule has 0 fully saturated rings. The molecule has 25 heavy (non-hydrogen) atoms. The van der Waals surface area contributed by atoms with Gasteiger partial charge in [0.25, 0.3) is 5.91 Å². The van der Waals surface area contributed by atoms with Crippen molar-refractivity contribution in [2.45, 2.75) is 6.54 Å². The number of phenols is 1. The molecule has 0 unspecified atom stereocenters. The quantitative estimate of drug-likeness (QED) is 0.744. The van der Waals surface area contributed by atoms with Crippen LogP contribution < -0.4 is 14.8 Å². The summed E-state index contributed by atoms with van der Waals surface area (Å²) in [6, 6.07) is 11.4. The van der Waals surface area contributed by atoms with Gasteiger partial charge in [-0.3, -0.25) is 4.79 Å². The van der Waals surface area contributed by atoms with Gasteiger partial charge in [0.15, 0.2) is 6.61 Å². The average Bonchev–Trinajstić information content (AvgIpc) is 2.65. The number of methoxy groups -OCH3 is 2. The minimum atomic E-state index is -0.812. The molecule has 0 aliphatic heterocycles. The smallest absolute Gasteiger partial charge is 0.342 e. The Bertz CT molecular complexity index is 759. The lowest BCUT2D eigenvalue weighted by atomic mass is 10.2. The largest absolute Gasteiger partial charge is 0.507 e. The fourth-order valence-electron chi connectivity index (χ4n) is 2.05. The zero-order valence-corrected chi connectivity index (χ0v) is 13.9. The van der Waals surface area contributed by atoms with E-state index in [-0.39, 0.29) is 17.9 Å². The Balaban J connectivity index is 1.86. The van der Waals surface area contributed by atoms with Crippen molar-refractivity contribution >= 4 is 11.9 Å². The highest BCUT2D eigenvalue weighted by atomic mass is 16.5. The normalized spacial score (nSPS) is 10.0. The summed E-state index contributed by atoms with van der Waals surface area (Å²) in [5.74, 6) is -0.437. The van der Waals surface area contributed by atoms with E-state index >= 15 is 0 Å². The van der Waals surface area contributed by atoms with E-state index in [2.05, 4.69) is 5.32 Å². The first kappa shape index (κ1) is 18.1. The van der Waals surface area contributed by atoms with Gasteiger partial charge in [-0.2, -0.15) is 0 Å². The van der Waals surface area contributed by atoms with Gasteiger partial charge in [-0.05, 0) is 35.9 Å². The molecule has 0 aliphatic carbocycles. The van der Waals surface area contributed by atoms with Crippen LogP contribution in [0.1, 0.15) is 15.9 Å². The average molecular weight is 345 g/mol. The number of hydrogen-bond donors (Lipinski definition) is 2. The molecule has 0 aromatic heterocycles. The van der Waals surface area contributed by atoms with Crippen molar-refractivity contribution in [1.29, 1.82) is 0 Å². The zero-order chi connectivity index (χ0) is 18.2. The molecule has 7 nitrogen and oxygen atoms in total. The predicted molar refractivity (Wildman–Crippen MR) is 89.8 cm³/mol. The number of rotatable bonds is 7. The second-order valence-corrected chi connectivity index (χ2v) is 5.09. The highest BCUT2D eigenvalue weighted by molar-refractivity contribution is 5.94. The van der Waals surface area contributed by atoms with Gasteiger partial charge in [-0.25, -0.2) is 4.79 Å². The maximum atomic E-state index is 12.0. The van der Waals surface area contributed by atoms with E-state index in [9.17, 15) is 14.7 Å². The number of esters is 1. The zero-order valence-electron chi connectivity index (χ0n) is 13.9. The van der Waals surface area contributed by atoms with Gasteiger partial charge in [-0.15, -0.1) is 0 Å². The number of nitrogens with one attached hydrogen (secondary N) is 1. The lowest BCUT2D eigenvalue weighted by Gasteiger charge is -2.09. The van der Waals surface area contributed by atoms with Crippen molar-refractivity contribution in [3.63, 3.8) is 0 Å². The van der Waals surface area contributed by atoms with Gasteiger partial charge < -0.3 is 24.6 Å². The number of phenolic OH excluding ortho intramolecular Hbond substituents is 1. The molecule has 2 aromatic carbocycles. The van der Waals surface area contributed by atoms with E-state index in [0.717, 1.165) is 5.56 Å². The van der Waals surface area contributed by atoms with E-state index < -0.39 is 18.5 Å². The highest BCUT2D eigenvalue weighted by Gasteiger charge is 2.15. The van der Waals surface area contributed by atoms with Crippen molar-refractivity contribution in [1.82, 2.24) is 5.32 Å². The molecule has 0 spiro atoms. The molecule has 132 valence electrons. The van der Waals surface area contributed by atoms with Gasteiger partial charge in [0, 0.05) is 6.54 Å². The third-order valence-corrected chi connectivity index (χ3v) is 3.38. The highest BCUT2D eigenvalue weighted by Crippen LogP contribution is 2.23. The molecule has 0 bridgehead atoms. The summed E-state index contributed by atoms with van der Waals surface area (Å²) >= 11 is 0. The molecule has 0 heterocycles. The van der Waals surface area contributed by atoms with Crippen molar-refractivity contribution in [3.8, 4) is 17.2 Å². The second kappa shape index (κ2) is 8.58. The molecule has 0 radical (unpaired) electrons. The molecule has 2 rings (SSSR count). The standard InChI is InChI=1S/C18H19NO6/c1-23-13-5-3-4-12(8-13)10-19-17(21)11-25-18(22)15-9-14(24-2)6-7-16(15)20/h3-9,20H,10-11H2,1-2H3,(H,19,21). The van der Waals surface area contributed by atoms with Crippen molar-refractivity contribution in [3.05, 3.63) is 53.6 Å². The fraction of sp³-hybridized carbons (Fsp3) is 0.222. The van der Waals surface area contributed by atoms with Gasteiger partial charge in [0.05, 0.1) is 14.2 Å². The Morgan fingerprint density at radius 3 is 2.48 bits per heavy atom. The van der Waals surface area contributed by atoms with E-state index in [1.807, 2.05) is 12.1 Å². The third kappa shape index (κ3) is 5.13. The van der Waals surface area contributed by atoms with Crippen LogP contribution in [0, 0.1) is 0 Å². The van der Waals surface area contributed by atoms with Crippen LogP contribution in [0.25, 0.3) is 0 Å². The Morgan fingerprint density at radius 1 is 1.04 bits per heavy atom. The van der Waals surface area contributed by atoms with Crippen LogP contribution in [0.15, 0.2) is 42.5 Å². The monoisotopic (exact) mass is 345 g/mol. The Labute approximate surface area is 145 Å². The van der Waals surface area contributed by atoms with Crippen LogP contribution in [-0.4, -0.2) is 37.8 Å². The van der Waals surface area contributed by atoms with E-state index in [0.29, 0.717) is 11.5 Å². The number of amides is 1. The summed E-state index contributed by atoms with van der Waals surface area (Å²) in [7, 11) is 3.00. The molecular weight excluding hydrogens is 326 g/mol. The Hall–Kier alpha value is -3.22. The second-order valence-electron chi connectivity index (χ2n) is 5.09. The summed E-state index contributed by atoms with van der Waals surface area (Å²) in [4.78, 5) is 23.8. The number of hydrogen-bond acceptors (Lipinski definition) is 6. The molecular formula is C18H19NO6. The first-order valence-electron chi connectivity index (χ1n) is 7.47. The molecule has 2 N–H and O–H groups in total. The van der Waals surface area contributed by atoms with Crippen LogP contribution in [0.5, 0.6) is 17.2 Å². The first-order chi connectivity index (χ1) is 12.0. The van der Waals surface area contributed by atoms with Gasteiger partial charge in [-0.1, -0.05) is 12.1 Å². The molecule has 1 amide bonds. The Morgan fingerprint density at radius 2 is 1.76 bits per heavy atom. The number of ether oxygens (including phenoxy) is 3. The molecule has 0 atom stereocenters. The van der Waals surface area contributed by atoms with Crippen LogP contribution in [-0.2, 0) is 16.1 Å². The van der Waals surface area contributed by atoms with Gasteiger partial charge >= 0.3 is 5.97 Å². The Kier molecular flexibility index (Phi) is 6.22. The minimum absolute atomic E-state index is 0.0695. The van der Waals surface area contributed by atoms with Gasteiger partial charge in [0.2, 0.25) is 0 Å². The number of benzene rings is 2. The maximum Gasteiger partial charge on any atom is 0.342 e. The van der Waals surface area contributed by atoms with Crippen molar-refractivity contribution in [2.75, 3.05) is 20.8 Å². The van der Waals surface area contributed by atoms with Crippen LogP contribution in [0.2, 0.25) is 0 Å². The SMILES string of the molecule is COc1cccc(CNC(=O)COC(=O)c2cc(OC)ccc2O)c1. The van der Waals surface area contributed by atoms with E-state index in [1.54, 1.807) is 19.2 Å². The lowest BCUT2D eigenvalue weighted by Crippen LogP contribution is -2.28. The first-order valence-corrected chi connectivity index (χ1v) is 7.47. The number of carbonyl (C=O) groups is 2. The van der Waals surface area contributed by atoms with Crippen LogP contribution >= 0.6 is 0 Å². The lowest BCUT2D eigenvalue weighted by molar-refractivity contribution is -0.124. The van der Waals surface area contributed by atoms with Crippen LogP contribution in [0.3, 0.4) is 0 Å². The maximum absolute atomic E-state index is 12.0. The van der Waals surface area contributed by atoms with Crippen molar-refractivity contribution < 1.29 is 28.9 Å². The molecule has 0 aliphatic rings.